The van der Waals surface area contributed by atoms with Crippen LogP contribution in [0.3, 0.4) is 0 Å². The highest BCUT2D eigenvalue weighted by molar-refractivity contribution is 5.62. The minimum absolute atomic E-state index is 0.0463. The number of benzene rings is 1. The molecule has 2 atom stereocenters. The van der Waals surface area contributed by atoms with Crippen LogP contribution < -0.4 is 10.5 Å². The SMILES string of the molecule is CC1CN(c2cnn(Cc3c(-c4ccc(F)cc4F)nnn3C)c(=O)c2)CC(C)O1. The third-order valence-corrected chi connectivity index (χ3v) is 5.07. The topological polar surface area (TPSA) is 78.1 Å². The van der Waals surface area contributed by atoms with Crippen LogP contribution in [0.15, 0.2) is 35.3 Å². The van der Waals surface area contributed by atoms with Gasteiger partial charge in [0.2, 0.25) is 0 Å². The molecule has 0 saturated carbocycles. The number of hydrogen-bond donors (Lipinski definition) is 0. The van der Waals surface area contributed by atoms with Crippen LogP contribution in [0.4, 0.5) is 14.5 Å². The van der Waals surface area contributed by atoms with Crippen molar-refractivity contribution in [1.82, 2.24) is 24.8 Å². The van der Waals surface area contributed by atoms with E-state index in [1.54, 1.807) is 13.2 Å². The Kier molecular flexibility index (Phi) is 5.33. The number of rotatable bonds is 4. The Bertz CT molecular complexity index is 1120. The Balaban J connectivity index is 1.63. The molecule has 2 unspecified atom stereocenters. The van der Waals surface area contributed by atoms with E-state index in [4.69, 9.17) is 4.74 Å². The number of hydrogen-bond acceptors (Lipinski definition) is 6. The van der Waals surface area contributed by atoms with Gasteiger partial charge in [-0.25, -0.2) is 18.1 Å². The predicted octanol–water partition coefficient (Wildman–Crippen LogP) is 1.98. The second kappa shape index (κ2) is 7.94. The van der Waals surface area contributed by atoms with Gasteiger partial charge in [0.25, 0.3) is 5.56 Å². The second-order valence-corrected chi connectivity index (χ2v) is 7.50. The molecule has 1 fully saturated rings. The van der Waals surface area contributed by atoms with Gasteiger partial charge >= 0.3 is 0 Å². The Morgan fingerprint density at radius 3 is 2.57 bits per heavy atom. The summed E-state index contributed by atoms with van der Waals surface area (Å²) in [5, 5.41) is 12.2. The van der Waals surface area contributed by atoms with E-state index in [2.05, 4.69) is 20.3 Å². The summed E-state index contributed by atoms with van der Waals surface area (Å²) in [5.74, 6) is -1.43. The molecule has 3 heterocycles. The minimum Gasteiger partial charge on any atom is -0.372 e. The van der Waals surface area contributed by atoms with E-state index in [0.717, 1.165) is 17.8 Å². The largest absolute Gasteiger partial charge is 0.372 e. The van der Waals surface area contributed by atoms with Crippen molar-refractivity contribution in [2.45, 2.75) is 32.6 Å². The molecule has 2 aromatic heterocycles. The zero-order valence-corrected chi connectivity index (χ0v) is 16.9. The molecule has 0 aliphatic carbocycles. The van der Waals surface area contributed by atoms with Gasteiger partial charge in [0.15, 0.2) is 0 Å². The number of anilines is 1. The second-order valence-electron chi connectivity index (χ2n) is 7.50. The van der Waals surface area contributed by atoms with Crippen molar-refractivity contribution >= 4 is 5.69 Å². The lowest BCUT2D eigenvalue weighted by Crippen LogP contribution is -2.46. The van der Waals surface area contributed by atoms with Crippen molar-refractivity contribution in [3.8, 4) is 11.3 Å². The average molecular weight is 416 g/mol. The maximum atomic E-state index is 14.2. The molecule has 0 radical (unpaired) electrons. The summed E-state index contributed by atoms with van der Waals surface area (Å²) in [6.07, 6.45) is 1.75. The summed E-state index contributed by atoms with van der Waals surface area (Å²) in [6.45, 7) is 5.38. The van der Waals surface area contributed by atoms with E-state index in [0.29, 0.717) is 18.8 Å². The fraction of sp³-hybridized carbons (Fsp3) is 0.400. The molecule has 4 rings (SSSR count). The van der Waals surface area contributed by atoms with E-state index < -0.39 is 11.6 Å². The molecule has 0 N–H and O–H groups in total. The number of aryl methyl sites for hydroxylation is 1. The van der Waals surface area contributed by atoms with Crippen LogP contribution in [0.5, 0.6) is 0 Å². The van der Waals surface area contributed by atoms with Gasteiger partial charge in [-0.3, -0.25) is 4.79 Å². The minimum atomic E-state index is -0.747. The van der Waals surface area contributed by atoms with Gasteiger partial charge in [0.05, 0.1) is 36.3 Å². The molecule has 3 aromatic rings. The highest BCUT2D eigenvalue weighted by Crippen LogP contribution is 2.25. The van der Waals surface area contributed by atoms with Crippen LogP contribution in [-0.2, 0) is 18.3 Å². The summed E-state index contributed by atoms with van der Waals surface area (Å²) in [6, 6.07) is 4.77. The van der Waals surface area contributed by atoms with Crippen molar-refractivity contribution in [2.24, 2.45) is 7.05 Å². The van der Waals surface area contributed by atoms with Crippen LogP contribution in [0.1, 0.15) is 19.5 Å². The summed E-state index contributed by atoms with van der Waals surface area (Å²) in [4.78, 5) is 14.8. The van der Waals surface area contributed by atoms with Crippen LogP contribution in [0.25, 0.3) is 11.3 Å². The normalized spacial score (nSPS) is 19.3. The fourth-order valence-electron chi connectivity index (χ4n) is 3.69. The maximum Gasteiger partial charge on any atom is 0.269 e. The number of morpholine rings is 1. The molecule has 158 valence electrons. The van der Waals surface area contributed by atoms with Gasteiger partial charge in [-0.05, 0) is 26.0 Å². The summed E-state index contributed by atoms with van der Waals surface area (Å²) >= 11 is 0. The average Bonchev–Trinajstić information content (AvgIpc) is 3.03. The molecule has 10 heteroatoms. The lowest BCUT2D eigenvalue weighted by molar-refractivity contribution is -0.00525. The molecule has 1 saturated heterocycles. The first-order valence-electron chi connectivity index (χ1n) is 9.63. The first-order chi connectivity index (χ1) is 14.3. The maximum absolute atomic E-state index is 14.2. The standard InChI is InChI=1S/C20H22F2N6O2/c1-12-9-27(10-13(2)30-12)15-7-19(29)28(23-8-15)11-18-20(24-25-26(18)3)16-5-4-14(21)6-17(16)22/h4-8,12-13H,9-11H2,1-3H3. The Labute approximate surface area is 171 Å². The summed E-state index contributed by atoms with van der Waals surface area (Å²) in [5.41, 5.74) is 1.26. The van der Waals surface area contributed by atoms with Gasteiger partial charge in [-0.2, -0.15) is 5.10 Å². The lowest BCUT2D eigenvalue weighted by atomic mass is 10.1. The lowest BCUT2D eigenvalue weighted by Gasteiger charge is -2.36. The molecule has 0 amide bonds. The highest BCUT2D eigenvalue weighted by Gasteiger charge is 2.23. The Morgan fingerprint density at radius 2 is 1.90 bits per heavy atom. The fourth-order valence-corrected chi connectivity index (χ4v) is 3.69. The van der Waals surface area contributed by atoms with Gasteiger partial charge in [0.1, 0.15) is 17.3 Å². The van der Waals surface area contributed by atoms with E-state index in [1.165, 1.54) is 21.5 Å². The van der Waals surface area contributed by atoms with Crippen LogP contribution in [-0.4, -0.2) is 50.1 Å². The van der Waals surface area contributed by atoms with Crippen molar-refractivity contribution in [3.63, 3.8) is 0 Å². The smallest absolute Gasteiger partial charge is 0.269 e. The van der Waals surface area contributed by atoms with Gasteiger partial charge in [-0.15, -0.1) is 5.10 Å². The highest BCUT2D eigenvalue weighted by atomic mass is 19.1. The molecule has 1 aromatic carbocycles. The molecule has 0 bridgehead atoms. The first-order valence-corrected chi connectivity index (χ1v) is 9.63. The molecule has 8 nitrogen and oxygen atoms in total. The molecule has 1 aliphatic rings. The number of aromatic nitrogens is 5. The monoisotopic (exact) mass is 416 g/mol. The predicted molar refractivity (Wildman–Crippen MR) is 106 cm³/mol. The molecular weight excluding hydrogens is 394 g/mol. The molecule has 1 aliphatic heterocycles. The summed E-state index contributed by atoms with van der Waals surface area (Å²) in [7, 11) is 1.64. The molecular formula is C20H22F2N6O2. The van der Waals surface area contributed by atoms with Crippen molar-refractivity contribution < 1.29 is 13.5 Å². The van der Waals surface area contributed by atoms with Crippen LogP contribution in [0.2, 0.25) is 0 Å². The van der Waals surface area contributed by atoms with Crippen molar-refractivity contribution in [3.05, 3.63) is 58.1 Å². The number of ether oxygens (including phenoxy) is 1. The van der Waals surface area contributed by atoms with Crippen molar-refractivity contribution in [1.29, 1.82) is 0 Å². The molecule has 30 heavy (non-hydrogen) atoms. The number of nitrogens with zero attached hydrogens (tertiary/aromatic N) is 6. The Morgan fingerprint density at radius 1 is 1.17 bits per heavy atom. The van der Waals surface area contributed by atoms with E-state index in [9.17, 15) is 13.6 Å². The third-order valence-electron chi connectivity index (χ3n) is 5.07. The number of halogens is 2. The Hall–Kier alpha value is -3.14. The molecule has 0 spiro atoms. The summed E-state index contributed by atoms with van der Waals surface area (Å²) < 4.78 is 36.0. The van der Waals surface area contributed by atoms with Gasteiger partial charge < -0.3 is 9.64 Å². The van der Waals surface area contributed by atoms with Crippen LogP contribution >= 0.6 is 0 Å². The van der Waals surface area contributed by atoms with E-state index >= 15 is 0 Å². The first kappa shape index (κ1) is 20.1. The quantitative estimate of drug-likeness (QED) is 0.647. The van der Waals surface area contributed by atoms with Crippen LogP contribution in [0, 0.1) is 11.6 Å². The van der Waals surface area contributed by atoms with Gasteiger partial charge in [-0.1, -0.05) is 5.21 Å². The van der Waals surface area contributed by atoms with E-state index in [-0.39, 0.29) is 35.6 Å². The van der Waals surface area contributed by atoms with Gasteiger partial charge in [0, 0.05) is 37.8 Å². The zero-order chi connectivity index (χ0) is 21.4. The van der Waals surface area contributed by atoms with E-state index in [1.807, 2.05) is 13.8 Å². The zero-order valence-electron chi connectivity index (χ0n) is 16.9. The van der Waals surface area contributed by atoms with Crippen molar-refractivity contribution in [2.75, 3.05) is 18.0 Å². The third kappa shape index (κ3) is 3.95.